The Morgan fingerprint density at radius 2 is 1.72 bits per heavy atom. The van der Waals surface area contributed by atoms with Gasteiger partial charge in [-0.25, -0.2) is 13.8 Å². The smallest absolute Gasteiger partial charge is 0.419 e. The van der Waals surface area contributed by atoms with Crippen molar-refractivity contribution >= 4 is 29.0 Å². The summed E-state index contributed by atoms with van der Waals surface area (Å²) in [7, 11) is 1.28. The van der Waals surface area contributed by atoms with Crippen LogP contribution in [0.1, 0.15) is 45.5 Å². The zero-order valence-electron chi connectivity index (χ0n) is 23.1. The lowest BCUT2D eigenvalue weighted by molar-refractivity contribution is -0.139. The van der Waals surface area contributed by atoms with Gasteiger partial charge in [0, 0.05) is 11.9 Å². The van der Waals surface area contributed by atoms with Gasteiger partial charge in [0.1, 0.15) is 28.8 Å². The molecule has 0 spiro atoms. The molecule has 43 heavy (non-hydrogen) atoms. The number of carbonyl (C=O) groups excluding carboxylic acids is 2. The lowest BCUT2D eigenvalue weighted by Gasteiger charge is -2.39. The first kappa shape index (κ1) is 31.6. The van der Waals surface area contributed by atoms with Crippen molar-refractivity contribution < 1.29 is 41.0 Å². The Morgan fingerprint density at radius 1 is 1.00 bits per heavy atom. The second kappa shape index (κ2) is 13.8. The summed E-state index contributed by atoms with van der Waals surface area (Å²) in [5.74, 6) is -4.32. The highest BCUT2D eigenvalue weighted by atomic mass is 19.4. The molecule has 4 N–H and O–H groups in total. The maximum atomic E-state index is 13.8. The van der Waals surface area contributed by atoms with Gasteiger partial charge in [0.05, 0.1) is 43.2 Å². The molecule has 5 rings (SSSR count). The van der Waals surface area contributed by atoms with Crippen LogP contribution in [-0.4, -0.2) is 61.2 Å². The number of carbonyl (C=O) groups is 2. The maximum absolute atomic E-state index is 13.8. The third kappa shape index (κ3) is 7.96. The number of anilines is 3. The van der Waals surface area contributed by atoms with Gasteiger partial charge in [0.2, 0.25) is 0 Å². The molecule has 230 valence electrons. The van der Waals surface area contributed by atoms with E-state index in [0.717, 1.165) is 43.5 Å². The van der Waals surface area contributed by atoms with Crippen molar-refractivity contribution in [2.45, 2.75) is 31.5 Å². The highest BCUT2D eigenvalue weighted by Gasteiger charge is 2.34. The molecule has 3 aromatic rings. The van der Waals surface area contributed by atoms with Crippen LogP contribution in [0.25, 0.3) is 0 Å². The number of aromatic nitrogens is 1. The average molecular weight is 608 g/mol. The monoisotopic (exact) mass is 607 g/mol. The molecular weight excluding hydrogens is 577 g/mol. The summed E-state index contributed by atoms with van der Waals surface area (Å²) in [5.41, 5.74) is 3.00. The SMILES string of the molecule is C1CCN(C2COC2)CC1.COc1ccnc(N)c1C(=O)Nc1cc(F)ccc1C(=O)Nc1ccc(F)c(C(F)(F)F)c1. The Bertz CT molecular complexity index is 1460. The standard InChI is InChI=1S/C21H15F5N4O3.C8H15NO/c1-33-16-6-7-28-18(27)17(16)20(32)30-15-8-10(22)2-4-12(15)19(31)29-11-3-5-14(23)13(9-11)21(24,25)26;1-2-4-9(5-3-1)8-6-10-7-8/h2-9H,1H3,(H2,27,28)(H,29,31)(H,30,32);8H,1-7H2. The number of rotatable bonds is 6. The van der Waals surface area contributed by atoms with Crippen molar-refractivity contribution in [1.82, 2.24) is 9.88 Å². The number of nitrogens with zero attached hydrogens (tertiary/aromatic N) is 2. The minimum atomic E-state index is -4.98. The number of pyridine rings is 1. The van der Waals surface area contributed by atoms with Gasteiger partial charge < -0.3 is 25.8 Å². The fourth-order valence-corrected chi connectivity index (χ4v) is 4.60. The van der Waals surface area contributed by atoms with Crippen LogP contribution in [0.4, 0.5) is 39.1 Å². The van der Waals surface area contributed by atoms with Crippen molar-refractivity contribution in [3.8, 4) is 5.75 Å². The minimum Gasteiger partial charge on any atom is -0.496 e. The number of hydrogen-bond acceptors (Lipinski definition) is 7. The second-order valence-corrected chi connectivity index (χ2v) is 9.85. The zero-order valence-corrected chi connectivity index (χ0v) is 23.1. The Balaban J connectivity index is 0.000000353. The number of amides is 2. The van der Waals surface area contributed by atoms with Crippen LogP contribution in [0.15, 0.2) is 48.7 Å². The molecule has 2 amide bonds. The Hall–Kier alpha value is -4.30. The molecule has 0 atom stereocenters. The number of methoxy groups -OCH3 is 1. The number of halogens is 5. The van der Waals surface area contributed by atoms with Gasteiger partial charge in [-0.2, -0.15) is 13.2 Å². The molecule has 2 saturated heterocycles. The van der Waals surface area contributed by atoms with Crippen LogP contribution >= 0.6 is 0 Å². The molecule has 1 aromatic heterocycles. The fraction of sp³-hybridized carbons (Fsp3) is 0.345. The molecule has 0 aliphatic carbocycles. The van der Waals surface area contributed by atoms with E-state index in [4.69, 9.17) is 15.2 Å². The maximum Gasteiger partial charge on any atom is 0.419 e. The molecule has 2 aliphatic rings. The quantitative estimate of drug-likeness (QED) is 0.324. The van der Waals surface area contributed by atoms with Crippen molar-refractivity contribution in [1.29, 1.82) is 0 Å². The molecule has 14 heteroatoms. The minimum absolute atomic E-state index is 0.0633. The Kier molecular flexibility index (Phi) is 10.1. The first-order valence-electron chi connectivity index (χ1n) is 13.4. The Morgan fingerprint density at radius 3 is 2.35 bits per heavy atom. The summed E-state index contributed by atoms with van der Waals surface area (Å²) in [6, 6.07) is 6.77. The topological polar surface area (TPSA) is 119 Å². The summed E-state index contributed by atoms with van der Waals surface area (Å²) in [5, 5.41) is 4.48. The lowest BCUT2D eigenvalue weighted by atomic mass is 10.1. The molecule has 0 bridgehead atoms. The first-order valence-corrected chi connectivity index (χ1v) is 13.4. The number of piperidine rings is 1. The summed E-state index contributed by atoms with van der Waals surface area (Å²) >= 11 is 0. The van der Waals surface area contributed by atoms with Crippen molar-refractivity contribution in [2.75, 3.05) is 49.8 Å². The second-order valence-electron chi connectivity index (χ2n) is 9.85. The highest BCUT2D eigenvalue weighted by Crippen LogP contribution is 2.33. The fourth-order valence-electron chi connectivity index (χ4n) is 4.60. The molecule has 2 aromatic carbocycles. The third-order valence-electron chi connectivity index (χ3n) is 6.92. The summed E-state index contributed by atoms with van der Waals surface area (Å²) in [4.78, 5) is 31.8. The van der Waals surface area contributed by atoms with Gasteiger partial charge >= 0.3 is 6.18 Å². The molecule has 0 saturated carbocycles. The summed E-state index contributed by atoms with van der Waals surface area (Å²) < 4.78 is 76.3. The van der Waals surface area contributed by atoms with Crippen molar-refractivity contribution in [2.24, 2.45) is 0 Å². The van der Waals surface area contributed by atoms with Crippen molar-refractivity contribution in [3.63, 3.8) is 0 Å². The van der Waals surface area contributed by atoms with Crippen LogP contribution in [0.5, 0.6) is 5.75 Å². The van der Waals surface area contributed by atoms with Gasteiger partial charge in [-0.1, -0.05) is 6.42 Å². The van der Waals surface area contributed by atoms with Gasteiger partial charge in [-0.3, -0.25) is 14.5 Å². The number of nitrogen functional groups attached to an aromatic ring is 1. The number of alkyl halides is 3. The van der Waals surface area contributed by atoms with E-state index in [9.17, 15) is 31.5 Å². The number of hydrogen-bond donors (Lipinski definition) is 3. The number of nitrogens with one attached hydrogen (secondary N) is 2. The summed E-state index contributed by atoms with van der Waals surface area (Å²) in [6.07, 6.45) is 0.545. The molecule has 9 nitrogen and oxygen atoms in total. The average Bonchev–Trinajstić information content (AvgIpc) is 2.93. The number of likely N-dealkylation sites (tertiary alicyclic amines) is 1. The number of nitrogens with two attached hydrogens (primary N) is 1. The van der Waals surface area contributed by atoms with Crippen LogP contribution in [0.3, 0.4) is 0 Å². The van der Waals surface area contributed by atoms with E-state index in [1.807, 2.05) is 0 Å². The van der Waals surface area contributed by atoms with Gasteiger partial charge in [-0.05, 0) is 68.4 Å². The van der Waals surface area contributed by atoms with Crippen LogP contribution in [0.2, 0.25) is 0 Å². The molecule has 2 aliphatic heterocycles. The van der Waals surface area contributed by atoms with Crippen molar-refractivity contribution in [3.05, 3.63) is 77.0 Å². The van der Waals surface area contributed by atoms with E-state index in [-0.39, 0.29) is 34.1 Å². The number of ether oxygens (including phenoxy) is 2. The van der Waals surface area contributed by atoms with E-state index in [1.165, 1.54) is 51.7 Å². The van der Waals surface area contributed by atoms with E-state index in [0.29, 0.717) is 12.1 Å². The van der Waals surface area contributed by atoms with Gasteiger partial charge in [-0.15, -0.1) is 0 Å². The van der Waals surface area contributed by atoms with Crippen LogP contribution < -0.4 is 21.1 Å². The predicted octanol–water partition coefficient (Wildman–Crippen LogP) is 5.35. The van der Waals surface area contributed by atoms with Crippen LogP contribution in [-0.2, 0) is 10.9 Å². The van der Waals surface area contributed by atoms with E-state index in [1.54, 1.807) is 0 Å². The molecular formula is C29H30F5N5O4. The highest BCUT2D eigenvalue weighted by molar-refractivity contribution is 6.14. The van der Waals surface area contributed by atoms with E-state index >= 15 is 0 Å². The van der Waals surface area contributed by atoms with Gasteiger partial charge in [0.25, 0.3) is 11.8 Å². The van der Waals surface area contributed by atoms with E-state index < -0.39 is 35.2 Å². The number of benzene rings is 2. The van der Waals surface area contributed by atoms with E-state index in [2.05, 4.69) is 20.5 Å². The third-order valence-corrected chi connectivity index (χ3v) is 6.92. The molecule has 0 radical (unpaired) electrons. The molecule has 3 heterocycles. The lowest BCUT2D eigenvalue weighted by Crippen LogP contribution is -2.50. The largest absolute Gasteiger partial charge is 0.496 e. The molecule has 0 unspecified atom stereocenters. The van der Waals surface area contributed by atoms with Crippen LogP contribution in [0, 0.1) is 11.6 Å². The Labute approximate surface area is 244 Å². The first-order chi connectivity index (χ1) is 20.5. The predicted molar refractivity (Wildman–Crippen MR) is 149 cm³/mol. The molecule has 2 fully saturated rings. The van der Waals surface area contributed by atoms with Gasteiger partial charge in [0.15, 0.2) is 0 Å². The summed E-state index contributed by atoms with van der Waals surface area (Å²) in [6.45, 7) is 4.60. The zero-order chi connectivity index (χ0) is 31.1. The normalized spacial score (nSPS) is 15.5.